The van der Waals surface area contributed by atoms with Gasteiger partial charge in [0.1, 0.15) is 5.75 Å². The van der Waals surface area contributed by atoms with Crippen molar-refractivity contribution < 1.29 is 9.53 Å². The van der Waals surface area contributed by atoms with Gasteiger partial charge in [0.2, 0.25) is 0 Å². The molecule has 0 heterocycles. The first-order valence-corrected chi connectivity index (χ1v) is 6.79. The zero-order valence-corrected chi connectivity index (χ0v) is 12.3. The first kappa shape index (κ1) is 14.7. The predicted octanol–water partition coefficient (Wildman–Crippen LogP) is 4.40. The number of halogens is 2. The summed E-state index contributed by atoms with van der Waals surface area (Å²) in [7, 11) is 0. The van der Waals surface area contributed by atoms with Crippen LogP contribution in [0.3, 0.4) is 0 Å². The molecule has 0 aromatic heterocycles. The van der Waals surface area contributed by atoms with Crippen molar-refractivity contribution in [3.63, 3.8) is 0 Å². The van der Waals surface area contributed by atoms with Crippen LogP contribution in [0.5, 0.6) is 5.75 Å². The molecule has 20 heavy (non-hydrogen) atoms. The van der Waals surface area contributed by atoms with Gasteiger partial charge < -0.3 is 10.1 Å². The number of benzene rings is 2. The van der Waals surface area contributed by atoms with Gasteiger partial charge in [0.15, 0.2) is 6.10 Å². The summed E-state index contributed by atoms with van der Waals surface area (Å²) in [5.74, 6) is 0.309. The van der Waals surface area contributed by atoms with Crippen molar-refractivity contribution in [3.05, 3.63) is 58.6 Å². The highest BCUT2D eigenvalue weighted by Gasteiger charge is 2.15. The van der Waals surface area contributed by atoms with Crippen LogP contribution < -0.4 is 10.1 Å². The van der Waals surface area contributed by atoms with E-state index in [2.05, 4.69) is 5.32 Å². The van der Waals surface area contributed by atoms with Gasteiger partial charge in [-0.25, -0.2) is 0 Å². The highest BCUT2D eigenvalue weighted by molar-refractivity contribution is 6.33. The second kappa shape index (κ2) is 6.64. The smallest absolute Gasteiger partial charge is 0.265 e. The highest BCUT2D eigenvalue weighted by Crippen LogP contribution is 2.21. The molecule has 0 aliphatic heterocycles. The Morgan fingerprint density at radius 2 is 1.75 bits per heavy atom. The van der Waals surface area contributed by atoms with Gasteiger partial charge in [-0.2, -0.15) is 0 Å². The van der Waals surface area contributed by atoms with Gasteiger partial charge in [0.05, 0.1) is 10.7 Å². The zero-order valence-electron chi connectivity index (χ0n) is 10.8. The molecule has 1 atom stereocenters. The average Bonchev–Trinajstić information content (AvgIpc) is 2.44. The van der Waals surface area contributed by atoms with Gasteiger partial charge >= 0.3 is 0 Å². The number of nitrogens with one attached hydrogen (secondary N) is 1. The van der Waals surface area contributed by atoms with Crippen molar-refractivity contribution >= 4 is 34.8 Å². The molecule has 2 aromatic carbocycles. The van der Waals surface area contributed by atoms with Gasteiger partial charge in [-0.15, -0.1) is 0 Å². The number of hydrogen-bond acceptors (Lipinski definition) is 2. The SMILES string of the molecule is CC(Oc1ccc(Cl)cc1)C(=O)Nc1ccccc1Cl. The van der Waals surface area contributed by atoms with Gasteiger partial charge in [-0.3, -0.25) is 4.79 Å². The van der Waals surface area contributed by atoms with Crippen molar-refractivity contribution in [2.45, 2.75) is 13.0 Å². The lowest BCUT2D eigenvalue weighted by molar-refractivity contribution is -0.122. The van der Waals surface area contributed by atoms with Crippen LogP contribution in [-0.2, 0) is 4.79 Å². The van der Waals surface area contributed by atoms with Gasteiger partial charge in [0.25, 0.3) is 5.91 Å². The number of para-hydroxylation sites is 1. The molecule has 0 radical (unpaired) electrons. The van der Waals surface area contributed by atoms with Crippen molar-refractivity contribution in [1.29, 1.82) is 0 Å². The van der Waals surface area contributed by atoms with Gasteiger partial charge in [-0.05, 0) is 43.3 Å². The molecular weight excluding hydrogens is 297 g/mol. The number of carbonyl (C=O) groups is 1. The molecule has 0 spiro atoms. The van der Waals surface area contributed by atoms with Crippen LogP contribution in [0, 0.1) is 0 Å². The van der Waals surface area contributed by atoms with E-state index in [1.807, 2.05) is 0 Å². The summed E-state index contributed by atoms with van der Waals surface area (Å²) in [5.41, 5.74) is 0.561. The molecule has 104 valence electrons. The Kier molecular flexibility index (Phi) is 4.88. The minimum absolute atomic E-state index is 0.270. The predicted molar refractivity (Wildman–Crippen MR) is 81.6 cm³/mol. The van der Waals surface area contributed by atoms with Crippen LogP contribution in [0.1, 0.15) is 6.92 Å². The molecular formula is C15H13Cl2NO2. The van der Waals surface area contributed by atoms with Gasteiger partial charge in [0, 0.05) is 5.02 Å². The standard InChI is InChI=1S/C15H13Cl2NO2/c1-10(20-12-8-6-11(16)7-9-12)15(19)18-14-5-3-2-4-13(14)17/h2-10H,1H3,(H,18,19). The number of ether oxygens (including phenoxy) is 1. The van der Waals surface area contributed by atoms with E-state index in [1.165, 1.54) is 0 Å². The summed E-state index contributed by atoms with van der Waals surface area (Å²) in [4.78, 5) is 12.0. The van der Waals surface area contributed by atoms with E-state index < -0.39 is 6.10 Å². The lowest BCUT2D eigenvalue weighted by Crippen LogP contribution is -2.30. The molecule has 0 aliphatic carbocycles. The van der Waals surface area contributed by atoms with E-state index in [0.717, 1.165) is 0 Å². The Morgan fingerprint density at radius 3 is 2.40 bits per heavy atom. The fourth-order valence-electron chi connectivity index (χ4n) is 1.57. The summed E-state index contributed by atoms with van der Waals surface area (Å²) in [6, 6.07) is 13.9. The second-order valence-corrected chi connectivity index (χ2v) is 5.03. The molecule has 3 nitrogen and oxygen atoms in total. The number of amides is 1. The maximum absolute atomic E-state index is 12.0. The van der Waals surface area contributed by atoms with Crippen LogP contribution in [-0.4, -0.2) is 12.0 Å². The summed E-state index contributed by atoms with van der Waals surface area (Å²) >= 11 is 11.8. The minimum Gasteiger partial charge on any atom is -0.481 e. The van der Waals surface area contributed by atoms with Crippen LogP contribution in [0.25, 0.3) is 0 Å². The van der Waals surface area contributed by atoms with E-state index >= 15 is 0 Å². The van der Waals surface area contributed by atoms with E-state index in [-0.39, 0.29) is 5.91 Å². The fraction of sp³-hybridized carbons (Fsp3) is 0.133. The molecule has 2 aromatic rings. The molecule has 0 bridgehead atoms. The van der Waals surface area contributed by atoms with Crippen LogP contribution >= 0.6 is 23.2 Å². The first-order chi connectivity index (χ1) is 9.56. The van der Waals surface area contributed by atoms with Crippen molar-refractivity contribution in [2.75, 3.05) is 5.32 Å². The first-order valence-electron chi connectivity index (χ1n) is 6.04. The molecule has 0 saturated carbocycles. The Hall–Kier alpha value is -1.71. The average molecular weight is 310 g/mol. The number of hydrogen-bond donors (Lipinski definition) is 1. The summed E-state index contributed by atoms with van der Waals surface area (Å²) in [5, 5.41) is 3.82. The van der Waals surface area contributed by atoms with Crippen LogP contribution in [0.2, 0.25) is 10.0 Å². The minimum atomic E-state index is -0.646. The quantitative estimate of drug-likeness (QED) is 0.909. The van der Waals surface area contributed by atoms with Gasteiger partial charge in [-0.1, -0.05) is 35.3 Å². The maximum atomic E-state index is 12.0. The van der Waals surface area contributed by atoms with E-state index in [9.17, 15) is 4.79 Å². The topological polar surface area (TPSA) is 38.3 Å². The maximum Gasteiger partial charge on any atom is 0.265 e. The van der Waals surface area contributed by atoms with Crippen molar-refractivity contribution in [1.82, 2.24) is 0 Å². The third kappa shape index (κ3) is 3.89. The molecule has 0 fully saturated rings. The molecule has 1 unspecified atom stereocenters. The van der Waals surface area contributed by atoms with E-state index in [1.54, 1.807) is 55.5 Å². The summed E-state index contributed by atoms with van der Waals surface area (Å²) < 4.78 is 5.53. The zero-order chi connectivity index (χ0) is 14.5. The Labute approximate surface area is 127 Å². The molecule has 1 amide bonds. The van der Waals surface area contributed by atoms with Crippen LogP contribution in [0.15, 0.2) is 48.5 Å². The molecule has 1 N–H and O–H groups in total. The monoisotopic (exact) mass is 309 g/mol. The second-order valence-electron chi connectivity index (χ2n) is 4.18. The third-order valence-corrected chi connectivity index (χ3v) is 3.21. The van der Waals surface area contributed by atoms with Crippen LogP contribution in [0.4, 0.5) is 5.69 Å². The number of rotatable bonds is 4. The Morgan fingerprint density at radius 1 is 1.10 bits per heavy atom. The number of anilines is 1. The number of carbonyl (C=O) groups excluding carboxylic acids is 1. The normalized spacial score (nSPS) is 11.8. The highest BCUT2D eigenvalue weighted by atomic mass is 35.5. The molecule has 0 saturated heterocycles. The third-order valence-electron chi connectivity index (χ3n) is 2.63. The largest absolute Gasteiger partial charge is 0.481 e. The Bertz CT molecular complexity index is 599. The lowest BCUT2D eigenvalue weighted by atomic mass is 10.3. The fourth-order valence-corrected chi connectivity index (χ4v) is 1.88. The van der Waals surface area contributed by atoms with Crippen molar-refractivity contribution in [2.24, 2.45) is 0 Å². The van der Waals surface area contributed by atoms with Crippen molar-refractivity contribution in [3.8, 4) is 5.75 Å². The molecule has 5 heteroatoms. The summed E-state index contributed by atoms with van der Waals surface area (Å²) in [6.07, 6.45) is -0.646. The molecule has 2 rings (SSSR count). The summed E-state index contributed by atoms with van der Waals surface area (Å²) in [6.45, 7) is 1.67. The van der Waals surface area contributed by atoms with E-state index in [4.69, 9.17) is 27.9 Å². The molecule has 0 aliphatic rings. The lowest BCUT2D eigenvalue weighted by Gasteiger charge is -2.15. The van der Waals surface area contributed by atoms with E-state index in [0.29, 0.717) is 21.5 Å². The Balaban J connectivity index is 1.99.